The second-order valence-corrected chi connectivity index (χ2v) is 7.51. The Morgan fingerprint density at radius 2 is 1.52 bits per heavy atom. The molecule has 2 aromatic carbocycles. The van der Waals surface area contributed by atoms with Gasteiger partial charge < -0.3 is 9.80 Å². The number of benzene rings is 2. The van der Waals surface area contributed by atoms with E-state index in [2.05, 4.69) is 64.3 Å². The van der Waals surface area contributed by atoms with E-state index in [1.807, 2.05) is 30.7 Å². The fourth-order valence-corrected chi connectivity index (χ4v) is 3.83. The van der Waals surface area contributed by atoms with Crippen LogP contribution in [0.2, 0.25) is 0 Å². The van der Waals surface area contributed by atoms with E-state index in [9.17, 15) is 0 Å². The number of fused-ring (bicyclic) bond motifs is 1. The molecule has 0 unspecified atom stereocenters. The summed E-state index contributed by atoms with van der Waals surface area (Å²) in [6.07, 6.45) is 5.54. The summed E-state index contributed by atoms with van der Waals surface area (Å²) in [5.74, 6) is 0.939. The quantitative estimate of drug-likeness (QED) is 0.534. The molecule has 1 saturated heterocycles. The van der Waals surface area contributed by atoms with Crippen molar-refractivity contribution in [1.82, 2.24) is 19.9 Å². The Hall–Kier alpha value is -3.31. The van der Waals surface area contributed by atoms with Crippen LogP contribution in [0.25, 0.3) is 33.3 Å². The molecule has 0 N–H and O–H groups in total. The zero-order valence-corrected chi connectivity index (χ0v) is 16.5. The number of likely N-dealkylation sites (N-methyl/N-ethyl adjacent to an activating group) is 1. The van der Waals surface area contributed by atoms with Gasteiger partial charge in [-0.15, -0.1) is 0 Å². The third kappa shape index (κ3) is 3.57. The van der Waals surface area contributed by atoms with Crippen molar-refractivity contribution in [3.8, 4) is 22.5 Å². The Bertz CT molecular complexity index is 1130. The number of nitrogens with zero attached hydrogens (tertiary/aromatic N) is 5. The lowest BCUT2D eigenvalue weighted by atomic mass is 10.0. The summed E-state index contributed by atoms with van der Waals surface area (Å²) in [5.41, 5.74) is 3.92. The predicted molar refractivity (Wildman–Crippen MR) is 118 cm³/mol. The van der Waals surface area contributed by atoms with Crippen LogP contribution in [0.1, 0.15) is 0 Å². The average Bonchev–Trinajstić information content (AvgIpc) is 2.79. The van der Waals surface area contributed by atoms with Gasteiger partial charge in [0.15, 0.2) is 0 Å². The van der Waals surface area contributed by atoms with E-state index in [0.717, 1.165) is 54.5 Å². The van der Waals surface area contributed by atoms with Crippen LogP contribution in [0.3, 0.4) is 0 Å². The Balaban J connectivity index is 1.62. The van der Waals surface area contributed by atoms with E-state index in [0.29, 0.717) is 0 Å². The summed E-state index contributed by atoms with van der Waals surface area (Å²) in [4.78, 5) is 18.8. The molecular formula is C24H23N5. The molecule has 3 heterocycles. The summed E-state index contributed by atoms with van der Waals surface area (Å²) in [6.45, 7) is 4.02. The highest BCUT2D eigenvalue weighted by Gasteiger charge is 2.19. The molecule has 5 heteroatoms. The van der Waals surface area contributed by atoms with Gasteiger partial charge in [-0.3, -0.25) is 9.97 Å². The molecule has 4 aromatic rings. The molecular weight excluding hydrogens is 358 g/mol. The molecule has 5 nitrogen and oxygen atoms in total. The fraction of sp³-hybridized carbons (Fsp3) is 0.208. The van der Waals surface area contributed by atoms with Crippen molar-refractivity contribution in [2.75, 3.05) is 38.1 Å². The van der Waals surface area contributed by atoms with Crippen LogP contribution >= 0.6 is 0 Å². The number of anilines is 1. The van der Waals surface area contributed by atoms with Crippen LogP contribution in [-0.4, -0.2) is 53.1 Å². The zero-order valence-electron chi connectivity index (χ0n) is 16.5. The van der Waals surface area contributed by atoms with Gasteiger partial charge in [0.05, 0.1) is 17.6 Å². The lowest BCUT2D eigenvalue weighted by Gasteiger charge is -2.33. The highest BCUT2D eigenvalue weighted by Crippen LogP contribution is 2.32. The minimum absolute atomic E-state index is 0.902. The van der Waals surface area contributed by atoms with Gasteiger partial charge in [-0.25, -0.2) is 4.98 Å². The zero-order chi connectivity index (χ0) is 19.6. The molecule has 0 amide bonds. The SMILES string of the molecule is CN1CCN(c2cnc(-c3ccc4ccccc4c3)c(-c3ccncc3)n2)CC1. The lowest BCUT2D eigenvalue weighted by Crippen LogP contribution is -2.44. The summed E-state index contributed by atoms with van der Waals surface area (Å²) < 4.78 is 0. The number of aromatic nitrogens is 3. The summed E-state index contributed by atoms with van der Waals surface area (Å²) in [5, 5.41) is 2.43. The number of hydrogen-bond acceptors (Lipinski definition) is 5. The van der Waals surface area contributed by atoms with Gasteiger partial charge in [-0.1, -0.05) is 36.4 Å². The molecule has 1 aliphatic rings. The van der Waals surface area contributed by atoms with Gasteiger partial charge in [0.25, 0.3) is 0 Å². The van der Waals surface area contributed by atoms with E-state index in [-0.39, 0.29) is 0 Å². The smallest absolute Gasteiger partial charge is 0.147 e. The number of hydrogen-bond donors (Lipinski definition) is 0. The maximum atomic E-state index is 5.07. The molecule has 0 spiro atoms. The molecule has 5 rings (SSSR count). The number of piperazine rings is 1. The summed E-state index contributed by atoms with van der Waals surface area (Å²) in [7, 11) is 2.16. The van der Waals surface area contributed by atoms with Crippen molar-refractivity contribution in [3.63, 3.8) is 0 Å². The molecule has 0 saturated carbocycles. The molecule has 0 aliphatic carbocycles. The van der Waals surface area contributed by atoms with Crippen molar-refractivity contribution in [3.05, 3.63) is 73.2 Å². The normalized spacial score (nSPS) is 15.0. The Morgan fingerprint density at radius 1 is 0.759 bits per heavy atom. The molecule has 0 atom stereocenters. The van der Waals surface area contributed by atoms with Gasteiger partial charge >= 0.3 is 0 Å². The first-order valence-electron chi connectivity index (χ1n) is 9.98. The van der Waals surface area contributed by atoms with Crippen LogP contribution in [0.4, 0.5) is 5.82 Å². The van der Waals surface area contributed by atoms with Crippen LogP contribution in [0.5, 0.6) is 0 Å². The second kappa shape index (κ2) is 7.60. The molecule has 0 radical (unpaired) electrons. The first-order valence-corrected chi connectivity index (χ1v) is 9.98. The minimum atomic E-state index is 0.902. The maximum absolute atomic E-state index is 5.07. The van der Waals surface area contributed by atoms with E-state index in [4.69, 9.17) is 9.97 Å². The van der Waals surface area contributed by atoms with Crippen molar-refractivity contribution in [2.45, 2.75) is 0 Å². The molecule has 29 heavy (non-hydrogen) atoms. The Labute approximate surface area is 170 Å². The fourth-order valence-electron chi connectivity index (χ4n) is 3.83. The van der Waals surface area contributed by atoms with Gasteiger partial charge in [0, 0.05) is 49.7 Å². The predicted octanol–water partition coefficient (Wildman–Crippen LogP) is 4.11. The van der Waals surface area contributed by atoms with Crippen LogP contribution in [0, 0.1) is 0 Å². The lowest BCUT2D eigenvalue weighted by molar-refractivity contribution is 0.312. The van der Waals surface area contributed by atoms with E-state index < -0.39 is 0 Å². The highest BCUT2D eigenvalue weighted by molar-refractivity contribution is 5.89. The number of rotatable bonds is 3. The third-order valence-electron chi connectivity index (χ3n) is 5.56. The maximum Gasteiger partial charge on any atom is 0.147 e. The van der Waals surface area contributed by atoms with E-state index in [1.165, 1.54) is 10.8 Å². The van der Waals surface area contributed by atoms with Gasteiger partial charge in [-0.2, -0.15) is 0 Å². The average molecular weight is 381 g/mol. The molecule has 2 aromatic heterocycles. The Kier molecular flexibility index (Phi) is 4.66. The van der Waals surface area contributed by atoms with Gasteiger partial charge in [0.2, 0.25) is 0 Å². The van der Waals surface area contributed by atoms with Crippen LogP contribution < -0.4 is 4.90 Å². The van der Waals surface area contributed by atoms with E-state index in [1.54, 1.807) is 0 Å². The van der Waals surface area contributed by atoms with Crippen molar-refractivity contribution in [1.29, 1.82) is 0 Å². The first-order chi connectivity index (χ1) is 14.3. The molecule has 1 aliphatic heterocycles. The van der Waals surface area contributed by atoms with Gasteiger partial charge in [0.1, 0.15) is 5.82 Å². The van der Waals surface area contributed by atoms with Gasteiger partial charge in [-0.05, 0) is 36.0 Å². The van der Waals surface area contributed by atoms with Crippen molar-refractivity contribution < 1.29 is 0 Å². The monoisotopic (exact) mass is 381 g/mol. The topological polar surface area (TPSA) is 45.2 Å². The van der Waals surface area contributed by atoms with Crippen molar-refractivity contribution >= 4 is 16.6 Å². The standard InChI is InChI=1S/C24H23N5/c1-28-12-14-29(15-13-28)22-17-26-23(24(27-22)19-8-10-25-11-9-19)21-7-6-18-4-2-3-5-20(18)16-21/h2-11,16-17H,12-15H2,1H3. The van der Waals surface area contributed by atoms with Crippen LogP contribution in [0.15, 0.2) is 73.2 Å². The molecule has 1 fully saturated rings. The molecule has 144 valence electrons. The van der Waals surface area contributed by atoms with E-state index >= 15 is 0 Å². The third-order valence-corrected chi connectivity index (χ3v) is 5.56. The van der Waals surface area contributed by atoms with Crippen molar-refractivity contribution in [2.24, 2.45) is 0 Å². The first kappa shape index (κ1) is 17.8. The summed E-state index contributed by atoms with van der Waals surface area (Å²) in [6, 6.07) is 18.9. The second-order valence-electron chi connectivity index (χ2n) is 7.51. The van der Waals surface area contributed by atoms with Crippen LogP contribution in [-0.2, 0) is 0 Å². The Morgan fingerprint density at radius 3 is 2.31 bits per heavy atom. The summed E-state index contributed by atoms with van der Waals surface area (Å²) >= 11 is 0. The minimum Gasteiger partial charge on any atom is -0.353 e. The number of pyridine rings is 1. The largest absolute Gasteiger partial charge is 0.353 e. The molecule has 0 bridgehead atoms. The highest BCUT2D eigenvalue weighted by atomic mass is 15.3.